The van der Waals surface area contributed by atoms with Crippen LogP contribution in [0.15, 0.2) is 0 Å². The molecule has 2 aliphatic heterocycles. The van der Waals surface area contributed by atoms with Gasteiger partial charge in [0.2, 0.25) is 0 Å². The molecule has 0 aromatic rings. The van der Waals surface area contributed by atoms with Gasteiger partial charge in [-0.1, -0.05) is 20.8 Å². The predicted octanol–water partition coefficient (Wildman–Crippen LogP) is 0.635. The van der Waals surface area contributed by atoms with Gasteiger partial charge in [-0.05, 0) is 30.1 Å². The fourth-order valence-electron chi connectivity index (χ4n) is 4.86. The third kappa shape index (κ3) is 5.89. The maximum absolute atomic E-state index is 12.5. The van der Waals surface area contributed by atoms with Gasteiger partial charge in [0.1, 0.15) is 0 Å². The van der Waals surface area contributed by atoms with Gasteiger partial charge >= 0.3 is 0 Å². The Morgan fingerprint density at radius 2 is 1.50 bits per heavy atom. The molecule has 1 aliphatic carbocycles. The van der Waals surface area contributed by atoms with E-state index in [4.69, 9.17) is 18.9 Å². The van der Waals surface area contributed by atoms with Gasteiger partial charge in [-0.2, -0.15) is 0 Å². The van der Waals surface area contributed by atoms with Gasteiger partial charge in [0, 0.05) is 12.6 Å². The molecule has 4 atom stereocenters. The summed E-state index contributed by atoms with van der Waals surface area (Å²) in [7, 11) is 0. The van der Waals surface area contributed by atoms with Crippen LogP contribution < -0.4 is 10.6 Å². The van der Waals surface area contributed by atoms with Crippen molar-refractivity contribution in [3.05, 3.63) is 0 Å². The highest BCUT2D eigenvalue weighted by Gasteiger charge is 2.42. The molecule has 8 heteroatoms. The van der Waals surface area contributed by atoms with E-state index in [1.165, 1.54) is 0 Å². The van der Waals surface area contributed by atoms with Crippen LogP contribution in [-0.2, 0) is 28.5 Å². The summed E-state index contributed by atoms with van der Waals surface area (Å²) in [5.41, 5.74) is -0.0567. The van der Waals surface area contributed by atoms with Crippen LogP contribution in [0.4, 0.5) is 0 Å². The SMILES string of the molecule is CC1(C)CC(NC(=O)C2COCCO2)CC(C)(CNC(=O)C2COCCO2)C1. The second-order valence-corrected chi connectivity index (χ2v) is 9.35. The summed E-state index contributed by atoms with van der Waals surface area (Å²) in [6.45, 7) is 9.72. The van der Waals surface area contributed by atoms with Gasteiger partial charge in [0.25, 0.3) is 11.8 Å². The number of hydrogen-bond donors (Lipinski definition) is 2. The zero-order valence-corrected chi connectivity index (χ0v) is 17.3. The average Bonchev–Trinajstić information content (AvgIpc) is 2.66. The van der Waals surface area contributed by atoms with Crippen molar-refractivity contribution in [2.45, 2.75) is 58.3 Å². The first kappa shape index (κ1) is 21.5. The van der Waals surface area contributed by atoms with Gasteiger partial charge in [0.15, 0.2) is 12.2 Å². The van der Waals surface area contributed by atoms with Crippen LogP contribution in [0.25, 0.3) is 0 Å². The summed E-state index contributed by atoms with van der Waals surface area (Å²) in [4.78, 5) is 24.9. The molecule has 8 nitrogen and oxygen atoms in total. The van der Waals surface area contributed by atoms with Gasteiger partial charge in [-0.15, -0.1) is 0 Å². The first-order valence-corrected chi connectivity index (χ1v) is 10.2. The maximum Gasteiger partial charge on any atom is 0.251 e. The van der Waals surface area contributed by atoms with Crippen LogP contribution in [0, 0.1) is 10.8 Å². The van der Waals surface area contributed by atoms with Crippen LogP contribution in [-0.4, -0.2) is 76.3 Å². The largest absolute Gasteiger partial charge is 0.376 e. The number of ether oxygens (including phenoxy) is 4. The lowest BCUT2D eigenvalue weighted by Crippen LogP contribution is -2.54. The summed E-state index contributed by atoms with van der Waals surface area (Å²) >= 11 is 0. The lowest BCUT2D eigenvalue weighted by molar-refractivity contribution is -0.150. The summed E-state index contributed by atoms with van der Waals surface area (Å²) in [6, 6.07) is 0.0398. The topological polar surface area (TPSA) is 95.1 Å². The average molecular weight is 399 g/mol. The number of rotatable bonds is 5. The van der Waals surface area contributed by atoms with Crippen molar-refractivity contribution in [1.82, 2.24) is 10.6 Å². The van der Waals surface area contributed by atoms with E-state index in [0.29, 0.717) is 46.2 Å². The van der Waals surface area contributed by atoms with Crippen LogP contribution in [0.1, 0.15) is 40.0 Å². The Balaban J connectivity index is 1.55. The minimum atomic E-state index is -0.534. The van der Waals surface area contributed by atoms with E-state index in [1.807, 2.05) is 0 Å². The number of amides is 2. The third-order valence-electron chi connectivity index (χ3n) is 5.70. The smallest absolute Gasteiger partial charge is 0.251 e. The molecule has 2 heterocycles. The summed E-state index contributed by atoms with van der Waals surface area (Å²) in [5, 5.41) is 6.19. The summed E-state index contributed by atoms with van der Waals surface area (Å²) in [6.07, 6.45) is 1.60. The Morgan fingerprint density at radius 3 is 2.07 bits per heavy atom. The second kappa shape index (κ2) is 9.07. The van der Waals surface area contributed by atoms with E-state index in [-0.39, 0.29) is 28.7 Å². The standard InChI is InChI=1S/C20H34N2O6/c1-19(2)8-14(22-18(24)16-11-26-5-7-28-16)9-20(3,12-19)13-21-17(23)15-10-25-4-6-27-15/h14-16H,4-13H2,1-3H3,(H,21,23)(H,22,24). The molecule has 0 aromatic carbocycles. The Hall–Kier alpha value is -1.22. The molecule has 0 radical (unpaired) electrons. The van der Waals surface area contributed by atoms with Gasteiger partial charge in [-0.25, -0.2) is 0 Å². The lowest BCUT2D eigenvalue weighted by atomic mass is 9.62. The zero-order valence-electron chi connectivity index (χ0n) is 17.3. The first-order chi connectivity index (χ1) is 13.3. The van der Waals surface area contributed by atoms with E-state index in [2.05, 4.69) is 31.4 Å². The van der Waals surface area contributed by atoms with Crippen molar-refractivity contribution in [3.8, 4) is 0 Å². The number of carbonyl (C=O) groups is 2. The zero-order chi connectivity index (χ0) is 20.2. The lowest BCUT2D eigenvalue weighted by Gasteiger charge is -2.47. The highest BCUT2D eigenvalue weighted by Crippen LogP contribution is 2.45. The van der Waals surface area contributed by atoms with Crippen molar-refractivity contribution in [1.29, 1.82) is 0 Å². The molecule has 2 N–H and O–H groups in total. The molecule has 28 heavy (non-hydrogen) atoms. The van der Waals surface area contributed by atoms with Crippen LogP contribution in [0.2, 0.25) is 0 Å². The molecule has 160 valence electrons. The van der Waals surface area contributed by atoms with E-state index in [0.717, 1.165) is 19.3 Å². The number of carbonyl (C=O) groups excluding carboxylic acids is 2. The summed E-state index contributed by atoms with van der Waals surface area (Å²) in [5.74, 6) is -0.237. The fourth-order valence-corrected chi connectivity index (χ4v) is 4.86. The van der Waals surface area contributed by atoms with E-state index >= 15 is 0 Å². The molecule has 0 aromatic heterocycles. The molecule has 3 fully saturated rings. The normalized spacial score (nSPS) is 35.8. The van der Waals surface area contributed by atoms with Crippen LogP contribution in [0.5, 0.6) is 0 Å². The van der Waals surface area contributed by atoms with E-state index in [1.54, 1.807) is 0 Å². The molecular weight excluding hydrogens is 364 g/mol. The Kier molecular flexibility index (Phi) is 6.96. The molecule has 3 rings (SSSR count). The molecule has 2 amide bonds. The fraction of sp³-hybridized carbons (Fsp3) is 0.900. The minimum absolute atomic E-state index is 0.0398. The summed E-state index contributed by atoms with van der Waals surface area (Å²) < 4.78 is 21.6. The molecular formula is C20H34N2O6. The molecule has 3 aliphatic rings. The van der Waals surface area contributed by atoms with Crippen molar-refractivity contribution < 1.29 is 28.5 Å². The quantitative estimate of drug-likeness (QED) is 0.706. The van der Waals surface area contributed by atoms with Crippen LogP contribution >= 0.6 is 0 Å². The van der Waals surface area contributed by atoms with Crippen molar-refractivity contribution in [2.24, 2.45) is 10.8 Å². The number of nitrogens with one attached hydrogen (secondary N) is 2. The molecule has 1 saturated carbocycles. The third-order valence-corrected chi connectivity index (χ3v) is 5.70. The maximum atomic E-state index is 12.5. The minimum Gasteiger partial charge on any atom is -0.376 e. The van der Waals surface area contributed by atoms with Crippen molar-refractivity contribution >= 4 is 11.8 Å². The second-order valence-electron chi connectivity index (χ2n) is 9.35. The predicted molar refractivity (Wildman–Crippen MR) is 102 cm³/mol. The molecule has 4 unspecified atom stereocenters. The van der Waals surface area contributed by atoms with E-state index in [9.17, 15) is 9.59 Å². The monoisotopic (exact) mass is 398 g/mol. The van der Waals surface area contributed by atoms with Crippen molar-refractivity contribution in [3.63, 3.8) is 0 Å². The molecule has 0 bridgehead atoms. The van der Waals surface area contributed by atoms with Gasteiger partial charge in [0.05, 0.1) is 39.6 Å². The Morgan fingerprint density at radius 1 is 0.893 bits per heavy atom. The number of hydrogen-bond acceptors (Lipinski definition) is 6. The van der Waals surface area contributed by atoms with Crippen LogP contribution in [0.3, 0.4) is 0 Å². The Bertz CT molecular complexity index is 557. The van der Waals surface area contributed by atoms with E-state index < -0.39 is 12.2 Å². The van der Waals surface area contributed by atoms with Gasteiger partial charge < -0.3 is 29.6 Å². The Labute approximate surface area is 167 Å². The highest BCUT2D eigenvalue weighted by atomic mass is 16.6. The first-order valence-electron chi connectivity index (χ1n) is 10.2. The van der Waals surface area contributed by atoms with Crippen molar-refractivity contribution in [2.75, 3.05) is 46.2 Å². The van der Waals surface area contributed by atoms with Gasteiger partial charge in [-0.3, -0.25) is 9.59 Å². The molecule has 0 spiro atoms. The highest BCUT2D eigenvalue weighted by molar-refractivity contribution is 5.81. The molecule has 2 saturated heterocycles.